The number of aromatic carboxylic acids is 1. The highest BCUT2D eigenvalue weighted by Gasteiger charge is 2.04. The third kappa shape index (κ3) is 4.84. The van der Waals surface area contributed by atoms with Crippen LogP contribution >= 0.6 is 0 Å². The van der Waals surface area contributed by atoms with Crippen LogP contribution in [0.25, 0.3) is 0 Å². The number of carboxylic acid groups (broad SMARTS) is 1. The Bertz CT molecular complexity index is 415. The van der Waals surface area contributed by atoms with Gasteiger partial charge in [-0.05, 0) is 24.6 Å². The van der Waals surface area contributed by atoms with E-state index in [1.807, 2.05) is 0 Å². The van der Waals surface area contributed by atoms with Crippen LogP contribution in [-0.2, 0) is 6.54 Å². The van der Waals surface area contributed by atoms with E-state index in [-0.39, 0.29) is 18.1 Å². The van der Waals surface area contributed by atoms with Gasteiger partial charge in [0.05, 0.1) is 11.7 Å². The molecule has 0 aliphatic carbocycles. The summed E-state index contributed by atoms with van der Waals surface area (Å²) < 4.78 is 0. The smallest absolute Gasteiger partial charge is 0.335 e. The van der Waals surface area contributed by atoms with Crippen molar-refractivity contribution in [2.24, 2.45) is 0 Å². The van der Waals surface area contributed by atoms with Gasteiger partial charge in [-0.1, -0.05) is 12.1 Å². The predicted octanol–water partition coefficient (Wildman–Crippen LogP) is 0.565. The number of carbonyl (C=O) groups excluding carboxylic acids is 1. The number of carbonyl (C=O) groups is 2. The summed E-state index contributed by atoms with van der Waals surface area (Å²) in [6.07, 6.45) is -0.592. The number of benzene rings is 1. The molecule has 6 heteroatoms. The number of aliphatic hydroxyl groups excluding tert-OH is 1. The molecule has 1 atom stereocenters. The Morgan fingerprint density at radius 1 is 1.22 bits per heavy atom. The summed E-state index contributed by atoms with van der Waals surface area (Å²) in [6, 6.07) is 5.86. The molecule has 1 rings (SSSR count). The SMILES string of the molecule is C[C@H](O)CNC(=O)NCc1ccc(C(=O)O)cc1. The molecule has 0 unspecified atom stereocenters. The zero-order valence-electron chi connectivity index (χ0n) is 10.0. The molecule has 0 saturated heterocycles. The molecular formula is C12H16N2O4. The average molecular weight is 252 g/mol. The van der Waals surface area contributed by atoms with Gasteiger partial charge < -0.3 is 20.8 Å². The van der Waals surface area contributed by atoms with E-state index >= 15 is 0 Å². The lowest BCUT2D eigenvalue weighted by Gasteiger charge is -2.09. The molecule has 0 radical (unpaired) electrons. The van der Waals surface area contributed by atoms with Crippen molar-refractivity contribution in [1.82, 2.24) is 10.6 Å². The van der Waals surface area contributed by atoms with Crippen molar-refractivity contribution in [3.63, 3.8) is 0 Å². The number of hydrogen-bond acceptors (Lipinski definition) is 3. The fourth-order valence-corrected chi connectivity index (χ4v) is 1.25. The maximum atomic E-state index is 11.3. The molecule has 2 amide bonds. The molecule has 0 heterocycles. The monoisotopic (exact) mass is 252 g/mol. The van der Waals surface area contributed by atoms with Gasteiger partial charge in [0.25, 0.3) is 0 Å². The molecular weight excluding hydrogens is 236 g/mol. The van der Waals surface area contributed by atoms with Crippen LogP contribution in [0.2, 0.25) is 0 Å². The number of aliphatic hydroxyl groups is 1. The van der Waals surface area contributed by atoms with Crippen LogP contribution < -0.4 is 10.6 Å². The van der Waals surface area contributed by atoms with Gasteiger partial charge in [0, 0.05) is 13.1 Å². The van der Waals surface area contributed by atoms with Gasteiger partial charge >= 0.3 is 12.0 Å². The van der Waals surface area contributed by atoms with Gasteiger partial charge in [0.1, 0.15) is 0 Å². The van der Waals surface area contributed by atoms with E-state index in [0.717, 1.165) is 5.56 Å². The number of hydrogen-bond donors (Lipinski definition) is 4. The summed E-state index contributed by atoms with van der Waals surface area (Å²) in [7, 11) is 0. The molecule has 0 spiro atoms. The first-order valence-corrected chi connectivity index (χ1v) is 5.51. The zero-order valence-corrected chi connectivity index (χ0v) is 10.0. The maximum absolute atomic E-state index is 11.3. The molecule has 98 valence electrons. The lowest BCUT2D eigenvalue weighted by molar-refractivity contribution is 0.0697. The molecule has 4 N–H and O–H groups in total. The van der Waals surface area contributed by atoms with Crippen molar-refractivity contribution in [3.05, 3.63) is 35.4 Å². The number of rotatable bonds is 5. The lowest BCUT2D eigenvalue weighted by Crippen LogP contribution is -2.38. The first-order chi connectivity index (χ1) is 8.49. The van der Waals surface area contributed by atoms with Gasteiger partial charge in [0.15, 0.2) is 0 Å². The highest BCUT2D eigenvalue weighted by atomic mass is 16.4. The largest absolute Gasteiger partial charge is 0.478 e. The van der Waals surface area contributed by atoms with Crippen molar-refractivity contribution in [3.8, 4) is 0 Å². The normalized spacial score (nSPS) is 11.7. The van der Waals surface area contributed by atoms with E-state index in [4.69, 9.17) is 10.2 Å². The Morgan fingerprint density at radius 3 is 2.33 bits per heavy atom. The molecule has 0 aliphatic rings. The fraction of sp³-hybridized carbons (Fsp3) is 0.333. The Labute approximate surface area is 105 Å². The van der Waals surface area contributed by atoms with Gasteiger partial charge in [-0.3, -0.25) is 0 Å². The van der Waals surface area contributed by atoms with Crippen LogP contribution in [0.5, 0.6) is 0 Å². The molecule has 0 bridgehead atoms. The van der Waals surface area contributed by atoms with E-state index in [9.17, 15) is 9.59 Å². The minimum Gasteiger partial charge on any atom is -0.478 e. The zero-order chi connectivity index (χ0) is 13.5. The highest BCUT2D eigenvalue weighted by molar-refractivity contribution is 5.87. The summed E-state index contributed by atoms with van der Waals surface area (Å²) >= 11 is 0. The Morgan fingerprint density at radius 2 is 1.83 bits per heavy atom. The Hall–Kier alpha value is -2.08. The molecule has 6 nitrogen and oxygen atoms in total. The van der Waals surface area contributed by atoms with E-state index in [2.05, 4.69) is 10.6 Å². The van der Waals surface area contributed by atoms with Crippen molar-refractivity contribution in [2.75, 3.05) is 6.54 Å². The van der Waals surface area contributed by atoms with Crippen LogP contribution in [0.3, 0.4) is 0 Å². The van der Waals surface area contributed by atoms with Crippen molar-refractivity contribution in [2.45, 2.75) is 19.6 Å². The quantitative estimate of drug-likeness (QED) is 0.615. The second kappa shape index (κ2) is 6.61. The summed E-state index contributed by atoms with van der Waals surface area (Å²) in [5.74, 6) is -0.982. The van der Waals surface area contributed by atoms with Crippen molar-refractivity contribution in [1.29, 1.82) is 0 Å². The molecule has 1 aromatic rings. The lowest BCUT2D eigenvalue weighted by atomic mass is 10.1. The number of nitrogens with one attached hydrogen (secondary N) is 2. The van der Waals surface area contributed by atoms with Gasteiger partial charge in [0.2, 0.25) is 0 Å². The second-order valence-corrected chi connectivity index (χ2v) is 3.91. The second-order valence-electron chi connectivity index (χ2n) is 3.91. The summed E-state index contributed by atoms with van der Waals surface area (Å²) in [6.45, 7) is 2.06. The van der Waals surface area contributed by atoms with Crippen LogP contribution in [0.4, 0.5) is 4.79 Å². The minimum absolute atomic E-state index is 0.184. The van der Waals surface area contributed by atoms with Crippen LogP contribution in [-0.4, -0.2) is 34.9 Å². The predicted molar refractivity (Wildman–Crippen MR) is 65.3 cm³/mol. The molecule has 0 aliphatic heterocycles. The van der Waals surface area contributed by atoms with E-state index in [1.165, 1.54) is 12.1 Å². The van der Waals surface area contributed by atoms with Crippen LogP contribution in [0, 0.1) is 0 Å². The summed E-state index contributed by atoms with van der Waals surface area (Å²) in [4.78, 5) is 21.9. The fourth-order valence-electron chi connectivity index (χ4n) is 1.25. The van der Waals surface area contributed by atoms with Gasteiger partial charge in [-0.25, -0.2) is 9.59 Å². The van der Waals surface area contributed by atoms with Crippen molar-refractivity contribution < 1.29 is 19.8 Å². The van der Waals surface area contributed by atoms with E-state index in [1.54, 1.807) is 19.1 Å². The maximum Gasteiger partial charge on any atom is 0.335 e. The first kappa shape index (κ1) is 14.0. The standard InChI is InChI=1S/C12H16N2O4/c1-8(15)6-13-12(18)14-7-9-2-4-10(5-3-9)11(16)17/h2-5,8,15H,6-7H2,1H3,(H,16,17)(H2,13,14,18)/t8-/m0/s1. The van der Waals surface area contributed by atoms with Crippen LogP contribution in [0.15, 0.2) is 24.3 Å². The third-order valence-electron chi connectivity index (χ3n) is 2.21. The summed E-state index contributed by atoms with van der Waals surface area (Å²) in [5, 5.41) is 22.8. The summed E-state index contributed by atoms with van der Waals surface area (Å²) in [5.41, 5.74) is 1.00. The van der Waals surface area contributed by atoms with Crippen LogP contribution in [0.1, 0.15) is 22.8 Å². The topological polar surface area (TPSA) is 98.7 Å². The number of amides is 2. The van der Waals surface area contributed by atoms with Crippen molar-refractivity contribution >= 4 is 12.0 Å². The average Bonchev–Trinajstić information content (AvgIpc) is 2.34. The first-order valence-electron chi connectivity index (χ1n) is 5.51. The number of carboxylic acids is 1. The number of urea groups is 1. The molecule has 18 heavy (non-hydrogen) atoms. The Balaban J connectivity index is 2.39. The highest BCUT2D eigenvalue weighted by Crippen LogP contribution is 2.03. The molecule has 0 fully saturated rings. The molecule has 0 aromatic heterocycles. The molecule has 1 aromatic carbocycles. The molecule has 0 saturated carbocycles. The minimum atomic E-state index is -0.982. The van der Waals surface area contributed by atoms with E-state index < -0.39 is 12.1 Å². The Kier molecular flexibility index (Phi) is 5.13. The van der Waals surface area contributed by atoms with Gasteiger partial charge in [-0.15, -0.1) is 0 Å². The third-order valence-corrected chi connectivity index (χ3v) is 2.21. The van der Waals surface area contributed by atoms with Gasteiger partial charge in [-0.2, -0.15) is 0 Å². The van der Waals surface area contributed by atoms with E-state index in [0.29, 0.717) is 6.54 Å².